The number of hydrogen-bond acceptors (Lipinski definition) is 6. The second-order valence-electron chi connectivity index (χ2n) is 7.28. The number of rotatable bonds is 6. The van der Waals surface area contributed by atoms with E-state index in [1.807, 2.05) is 18.2 Å². The van der Waals surface area contributed by atoms with E-state index >= 15 is 0 Å². The Balaban J connectivity index is 1.39. The van der Waals surface area contributed by atoms with Gasteiger partial charge in [0.15, 0.2) is 11.7 Å². The molecule has 0 spiro atoms. The second-order valence-corrected chi connectivity index (χ2v) is 7.28. The summed E-state index contributed by atoms with van der Waals surface area (Å²) in [5, 5.41) is 11.0. The van der Waals surface area contributed by atoms with Gasteiger partial charge in [0.05, 0.1) is 23.3 Å². The van der Waals surface area contributed by atoms with Crippen molar-refractivity contribution in [1.82, 2.24) is 9.88 Å². The largest absolute Gasteiger partial charge is 0.441 e. The van der Waals surface area contributed by atoms with Crippen molar-refractivity contribution in [3.05, 3.63) is 82.4 Å². The number of hydrogen-bond donors (Lipinski definition) is 0. The van der Waals surface area contributed by atoms with E-state index in [4.69, 9.17) is 9.15 Å². The molecular formula is C22H23N3O4. The minimum atomic E-state index is -0.413. The summed E-state index contributed by atoms with van der Waals surface area (Å²) >= 11 is 0. The summed E-state index contributed by atoms with van der Waals surface area (Å²) in [6.45, 7) is 4.59. The van der Waals surface area contributed by atoms with Crippen molar-refractivity contribution in [2.75, 3.05) is 19.6 Å². The SMILES string of the molecule is CC1CN(CCc2ncc(-c3cccc([N+](=O)[O-])c3)o2)CC(c2ccccc2)O1. The summed E-state index contributed by atoms with van der Waals surface area (Å²) in [4.78, 5) is 17.3. The molecule has 2 atom stereocenters. The minimum Gasteiger partial charge on any atom is -0.441 e. The van der Waals surface area contributed by atoms with E-state index in [0.717, 1.165) is 19.6 Å². The van der Waals surface area contributed by atoms with Crippen LogP contribution in [0.2, 0.25) is 0 Å². The second kappa shape index (κ2) is 8.55. The van der Waals surface area contributed by atoms with Crippen molar-refractivity contribution in [3.8, 4) is 11.3 Å². The van der Waals surface area contributed by atoms with E-state index in [1.54, 1.807) is 18.3 Å². The van der Waals surface area contributed by atoms with Crippen LogP contribution in [0.4, 0.5) is 5.69 Å². The Labute approximate surface area is 169 Å². The first-order chi connectivity index (χ1) is 14.1. The molecule has 2 heterocycles. The van der Waals surface area contributed by atoms with Gasteiger partial charge >= 0.3 is 0 Å². The lowest BCUT2D eigenvalue weighted by atomic mass is 10.1. The zero-order chi connectivity index (χ0) is 20.2. The number of morpholine rings is 1. The highest BCUT2D eigenvalue weighted by Gasteiger charge is 2.26. The molecule has 0 amide bonds. The van der Waals surface area contributed by atoms with Gasteiger partial charge < -0.3 is 9.15 Å². The van der Waals surface area contributed by atoms with Crippen LogP contribution in [0.25, 0.3) is 11.3 Å². The summed E-state index contributed by atoms with van der Waals surface area (Å²) in [5.41, 5.74) is 1.88. The number of benzene rings is 2. The van der Waals surface area contributed by atoms with E-state index in [1.165, 1.54) is 17.7 Å². The number of aromatic nitrogens is 1. The Morgan fingerprint density at radius 2 is 2.00 bits per heavy atom. The average Bonchev–Trinajstić information content (AvgIpc) is 3.22. The van der Waals surface area contributed by atoms with E-state index in [2.05, 4.69) is 28.9 Å². The fraction of sp³-hybridized carbons (Fsp3) is 0.318. The Morgan fingerprint density at radius 3 is 2.79 bits per heavy atom. The number of nitrogens with zero attached hydrogens (tertiary/aromatic N) is 3. The van der Waals surface area contributed by atoms with Crippen LogP contribution in [0.5, 0.6) is 0 Å². The number of nitro groups is 1. The number of nitro benzene ring substituents is 1. The lowest BCUT2D eigenvalue weighted by Gasteiger charge is -2.36. The molecule has 1 fully saturated rings. The predicted molar refractivity (Wildman–Crippen MR) is 108 cm³/mol. The molecule has 0 radical (unpaired) electrons. The van der Waals surface area contributed by atoms with Crippen LogP contribution in [0, 0.1) is 10.1 Å². The van der Waals surface area contributed by atoms with E-state index in [-0.39, 0.29) is 17.9 Å². The molecule has 4 rings (SSSR count). The van der Waals surface area contributed by atoms with Crippen molar-refractivity contribution in [1.29, 1.82) is 0 Å². The van der Waals surface area contributed by atoms with Crippen LogP contribution in [-0.4, -0.2) is 40.5 Å². The molecule has 7 nitrogen and oxygen atoms in total. The van der Waals surface area contributed by atoms with Gasteiger partial charge in [-0.25, -0.2) is 4.98 Å². The van der Waals surface area contributed by atoms with E-state index in [9.17, 15) is 10.1 Å². The standard InChI is InChI=1S/C22H23N3O4/c1-16-14-24(15-21(28-16)17-6-3-2-4-7-17)11-10-22-23-13-20(29-22)18-8-5-9-19(12-18)25(26)27/h2-9,12-13,16,21H,10-11,14-15H2,1H3. The average molecular weight is 393 g/mol. The maximum absolute atomic E-state index is 11.0. The van der Waals surface area contributed by atoms with Crippen molar-refractivity contribution in [3.63, 3.8) is 0 Å². The summed E-state index contributed by atoms with van der Waals surface area (Å²) in [6, 6.07) is 16.7. The molecule has 1 aliphatic heterocycles. The number of oxazole rings is 1. The normalized spacial score (nSPS) is 19.9. The molecule has 2 aromatic carbocycles. The Kier molecular flexibility index (Phi) is 5.69. The van der Waals surface area contributed by atoms with Gasteiger partial charge in [0.2, 0.25) is 0 Å². The molecule has 0 aliphatic carbocycles. The van der Waals surface area contributed by atoms with Gasteiger partial charge in [-0.2, -0.15) is 0 Å². The highest BCUT2D eigenvalue weighted by Crippen LogP contribution is 2.26. The Hall–Kier alpha value is -3.03. The van der Waals surface area contributed by atoms with Gasteiger partial charge in [0.1, 0.15) is 0 Å². The lowest BCUT2D eigenvalue weighted by Crippen LogP contribution is -2.43. The van der Waals surface area contributed by atoms with E-state index in [0.29, 0.717) is 23.6 Å². The lowest BCUT2D eigenvalue weighted by molar-refractivity contribution is -0.384. The van der Waals surface area contributed by atoms with Crippen molar-refractivity contribution in [2.45, 2.75) is 25.6 Å². The van der Waals surface area contributed by atoms with Crippen molar-refractivity contribution >= 4 is 5.69 Å². The first-order valence-electron chi connectivity index (χ1n) is 9.71. The maximum Gasteiger partial charge on any atom is 0.270 e. The van der Waals surface area contributed by atoms with Gasteiger partial charge in [-0.05, 0) is 12.5 Å². The van der Waals surface area contributed by atoms with Gasteiger partial charge in [-0.3, -0.25) is 15.0 Å². The van der Waals surface area contributed by atoms with Gasteiger partial charge in [0.25, 0.3) is 5.69 Å². The molecule has 1 aliphatic rings. The fourth-order valence-electron chi connectivity index (χ4n) is 3.66. The molecule has 7 heteroatoms. The molecule has 2 unspecified atom stereocenters. The van der Waals surface area contributed by atoms with Crippen LogP contribution >= 0.6 is 0 Å². The molecule has 0 saturated carbocycles. The predicted octanol–water partition coefficient (Wildman–Crippen LogP) is 4.25. The highest BCUT2D eigenvalue weighted by atomic mass is 16.6. The molecular weight excluding hydrogens is 370 g/mol. The van der Waals surface area contributed by atoms with Crippen LogP contribution in [-0.2, 0) is 11.2 Å². The zero-order valence-corrected chi connectivity index (χ0v) is 16.2. The smallest absolute Gasteiger partial charge is 0.270 e. The van der Waals surface area contributed by atoms with Gasteiger partial charge in [-0.15, -0.1) is 0 Å². The molecule has 0 N–H and O–H groups in total. The molecule has 29 heavy (non-hydrogen) atoms. The molecule has 150 valence electrons. The zero-order valence-electron chi connectivity index (χ0n) is 16.2. The molecule has 1 aromatic heterocycles. The fourth-order valence-corrected chi connectivity index (χ4v) is 3.66. The first-order valence-corrected chi connectivity index (χ1v) is 9.71. The van der Waals surface area contributed by atoms with E-state index < -0.39 is 4.92 Å². The topological polar surface area (TPSA) is 81.6 Å². The summed E-state index contributed by atoms with van der Waals surface area (Å²) in [6.07, 6.45) is 2.51. The van der Waals surface area contributed by atoms with Crippen LogP contribution in [0.15, 0.2) is 65.2 Å². The number of non-ortho nitro benzene ring substituents is 1. The third-order valence-electron chi connectivity index (χ3n) is 5.04. The highest BCUT2D eigenvalue weighted by molar-refractivity contribution is 5.60. The summed E-state index contributed by atoms with van der Waals surface area (Å²) in [5.74, 6) is 1.17. The summed E-state index contributed by atoms with van der Waals surface area (Å²) in [7, 11) is 0. The Morgan fingerprint density at radius 1 is 1.17 bits per heavy atom. The molecule has 0 bridgehead atoms. The third kappa shape index (κ3) is 4.70. The van der Waals surface area contributed by atoms with Gasteiger partial charge in [-0.1, -0.05) is 42.5 Å². The minimum absolute atomic E-state index is 0.0368. The first kappa shape index (κ1) is 19.3. The van der Waals surface area contributed by atoms with Crippen molar-refractivity contribution < 1.29 is 14.1 Å². The monoisotopic (exact) mass is 393 g/mol. The van der Waals surface area contributed by atoms with Crippen LogP contribution in [0.3, 0.4) is 0 Å². The molecule has 3 aromatic rings. The number of ether oxygens (including phenoxy) is 1. The maximum atomic E-state index is 11.0. The Bertz CT molecular complexity index is 973. The van der Waals surface area contributed by atoms with Crippen molar-refractivity contribution in [2.24, 2.45) is 0 Å². The third-order valence-corrected chi connectivity index (χ3v) is 5.04. The summed E-state index contributed by atoms with van der Waals surface area (Å²) < 4.78 is 12.0. The van der Waals surface area contributed by atoms with Crippen LogP contribution < -0.4 is 0 Å². The molecule has 1 saturated heterocycles. The quantitative estimate of drug-likeness (QED) is 0.460. The van der Waals surface area contributed by atoms with Crippen LogP contribution in [0.1, 0.15) is 24.5 Å². The van der Waals surface area contributed by atoms with Gasteiger partial charge in [0, 0.05) is 43.8 Å².